The predicted molar refractivity (Wildman–Crippen MR) is 206 cm³/mol. The molecule has 0 aliphatic carbocycles. The van der Waals surface area contributed by atoms with Crippen molar-refractivity contribution in [1.82, 2.24) is 9.80 Å². The van der Waals surface area contributed by atoms with Gasteiger partial charge in [0.05, 0.1) is 19.3 Å². The predicted octanol–water partition coefficient (Wildman–Crippen LogP) is 9.53. The summed E-state index contributed by atoms with van der Waals surface area (Å²) in [5.41, 5.74) is 5.54. The van der Waals surface area contributed by atoms with E-state index in [1.807, 2.05) is 33.8 Å². The van der Waals surface area contributed by atoms with Gasteiger partial charge in [0, 0.05) is 55.6 Å². The lowest BCUT2D eigenvalue weighted by Crippen LogP contribution is -2.56. The first kappa shape index (κ1) is 42.3. The Kier molecular flexibility index (Phi) is 18.0. The molecule has 276 valence electrons. The molecule has 8 heteroatoms. The van der Waals surface area contributed by atoms with Crippen LogP contribution in [-0.4, -0.2) is 67.6 Å². The Hall–Kier alpha value is -3.91. The van der Waals surface area contributed by atoms with Gasteiger partial charge in [-0.05, 0) is 87.4 Å². The third-order valence-corrected chi connectivity index (χ3v) is 9.18. The Bertz CT molecular complexity index is 1480. The molecule has 5 rings (SSSR count). The number of piperidine rings is 1. The standard InChI is InChI=1S/C35H42FN3O4.C3H8.2C2H6/c1-6-10-29-27(7-2)34(40)39(35(29)41)17-9-20-43-32-16-14-28(23(3)24(32)4)31-12-8-11-26-22-37(18-19-38(26)31)25-13-15-30(36)33(21-25)42-5;1-3-2;2*1-2/h6-7,10,13-16,21,26,31H,1,8-9,11-12,17-20,22H2,2-5H3;3H2,1-2H3;2*1-2H3/b27-7+,29-10+;;;. The van der Waals surface area contributed by atoms with Crippen molar-refractivity contribution in [2.24, 2.45) is 0 Å². The van der Waals surface area contributed by atoms with Gasteiger partial charge in [-0.3, -0.25) is 19.4 Å². The number of halogens is 1. The summed E-state index contributed by atoms with van der Waals surface area (Å²) >= 11 is 0. The number of carbonyl (C=O) groups is 2. The molecule has 3 aliphatic rings. The zero-order valence-corrected chi connectivity index (χ0v) is 32.4. The molecular weight excluding hydrogens is 629 g/mol. The van der Waals surface area contributed by atoms with Crippen molar-refractivity contribution < 1.29 is 23.5 Å². The van der Waals surface area contributed by atoms with E-state index in [9.17, 15) is 14.0 Å². The van der Waals surface area contributed by atoms with E-state index in [1.165, 1.54) is 41.7 Å². The maximum absolute atomic E-state index is 14.0. The number of fused-ring (bicyclic) bond motifs is 1. The van der Waals surface area contributed by atoms with Crippen molar-refractivity contribution >= 4 is 17.5 Å². The van der Waals surface area contributed by atoms with E-state index >= 15 is 0 Å². The van der Waals surface area contributed by atoms with Gasteiger partial charge in [-0.1, -0.05) is 72.8 Å². The molecule has 3 fully saturated rings. The number of imide groups is 1. The number of ether oxygens (including phenoxy) is 2. The molecule has 50 heavy (non-hydrogen) atoms. The van der Waals surface area contributed by atoms with E-state index in [-0.39, 0.29) is 23.4 Å². The first-order chi connectivity index (χ1) is 24.2. The smallest absolute Gasteiger partial charge is 0.261 e. The highest BCUT2D eigenvalue weighted by molar-refractivity contribution is 6.24. The number of piperazine rings is 1. The number of allylic oxidation sites excluding steroid dienone is 3. The molecule has 3 aliphatic heterocycles. The average molecular weight is 692 g/mol. The zero-order chi connectivity index (χ0) is 37.4. The largest absolute Gasteiger partial charge is 0.494 e. The molecule has 0 saturated carbocycles. The number of methoxy groups -OCH3 is 1. The number of benzene rings is 2. The normalized spacial score (nSPS) is 20.2. The van der Waals surface area contributed by atoms with E-state index in [1.54, 1.807) is 25.1 Å². The van der Waals surface area contributed by atoms with Crippen LogP contribution in [-0.2, 0) is 9.59 Å². The molecule has 3 heterocycles. The number of hydrogen-bond donors (Lipinski definition) is 0. The monoisotopic (exact) mass is 691 g/mol. The van der Waals surface area contributed by atoms with Gasteiger partial charge in [0.2, 0.25) is 0 Å². The summed E-state index contributed by atoms with van der Waals surface area (Å²) in [5.74, 6) is 0.241. The van der Waals surface area contributed by atoms with Gasteiger partial charge in [0.1, 0.15) is 5.75 Å². The number of rotatable bonds is 9. The second-order valence-corrected chi connectivity index (χ2v) is 12.2. The van der Waals surface area contributed by atoms with Crippen LogP contribution in [0.25, 0.3) is 0 Å². The van der Waals surface area contributed by atoms with Crippen LogP contribution in [0.3, 0.4) is 0 Å². The maximum atomic E-state index is 14.0. The summed E-state index contributed by atoms with van der Waals surface area (Å²) in [7, 11) is 1.50. The lowest BCUT2D eigenvalue weighted by molar-refractivity contribution is -0.136. The van der Waals surface area contributed by atoms with Crippen LogP contribution in [0.1, 0.15) is 103 Å². The summed E-state index contributed by atoms with van der Waals surface area (Å²) in [6.45, 7) is 25.4. The SMILES string of the molecule is C=C/C=C1/C(=O)N(CCCOc2ccc(C3CCCC4CN(c5ccc(F)c(OC)c5)CCN43)c(C)c2C)C(=O)/C1=C/C.CC.CC.CCC. The van der Waals surface area contributed by atoms with Crippen molar-refractivity contribution in [2.75, 3.05) is 44.8 Å². The number of likely N-dealkylation sites (tertiary alicyclic amines) is 1. The van der Waals surface area contributed by atoms with Gasteiger partial charge >= 0.3 is 0 Å². The minimum Gasteiger partial charge on any atom is -0.494 e. The van der Waals surface area contributed by atoms with Gasteiger partial charge in [-0.25, -0.2) is 4.39 Å². The van der Waals surface area contributed by atoms with Crippen LogP contribution >= 0.6 is 0 Å². The first-order valence-electron chi connectivity index (χ1n) is 18.6. The Labute approximate surface area is 301 Å². The molecule has 7 nitrogen and oxygen atoms in total. The molecule has 0 aromatic heterocycles. The molecule has 0 radical (unpaired) electrons. The lowest BCUT2D eigenvalue weighted by atomic mass is 9.86. The second kappa shape index (κ2) is 21.3. The highest BCUT2D eigenvalue weighted by Gasteiger charge is 2.38. The Morgan fingerprint density at radius 1 is 0.940 bits per heavy atom. The molecule has 0 spiro atoms. The van der Waals surface area contributed by atoms with Crippen molar-refractivity contribution in [3.63, 3.8) is 0 Å². The number of nitrogens with zero attached hydrogens (tertiary/aromatic N) is 3. The number of hydrogen-bond acceptors (Lipinski definition) is 6. The lowest BCUT2D eigenvalue weighted by Gasteiger charge is -2.49. The van der Waals surface area contributed by atoms with Crippen LogP contribution in [0, 0.1) is 19.7 Å². The summed E-state index contributed by atoms with van der Waals surface area (Å²) in [5, 5.41) is 0. The Morgan fingerprint density at radius 3 is 2.26 bits per heavy atom. The molecule has 2 aromatic carbocycles. The number of carbonyl (C=O) groups excluding carboxylic acids is 2. The number of anilines is 1. The topological polar surface area (TPSA) is 62.3 Å². The molecule has 3 saturated heterocycles. The third kappa shape index (κ3) is 9.87. The molecule has 0 N–H and O–H groups in total. The van der Waals surface area contributed by atoms with E-state index < -0.39 is 0 Å². The van der Waals surface area contributed by atoms with Gasteiger partial charge in [0.15, 0.2) is 11.6 Å². The molecule has 2 aromatic rings. The third-order valence-electron chi connectivity index (χ3n) is 9.18. The summed E-state index contributed by atoms with van der Waals surface area (Å²) in [6.07, 6.45) is 10.0. The zero-order valence-electron chi connectivity index (χ0n) is 32.4. The molecule has 0 bridgehead atoms. The van der Waals surface area contributed by atoms with Gasteiger partial charge in [-0.15, -0.1) is 0 Å². The van der Waals surface area contributed by atoms with Gasteiger partial charge in [-0.2, -0.15) is 0 Å². The second-order valence-electron chi connectivity index (χ2n) is 12.2. The number of amides is 2. The molecular formula is C42H62FN3O4. The molecule has 2 atom stereocenters. The molecule has 2 unspecified atom stereocenters. The Morgan fingerprint density at radius 2 is 1.62 bits per heavy atom. The fraction of sp³-hybridized carbons (Fsp3) is 0.524. The van der Waals surface area contributed by atoms with Crippen molar-refractivity contribution in [2.45, 2.75) is 107 Å². The van der Waals surface area contributed by atoms with Crippen LogP contribution in [0.2, 0.25) is 0 Å². The fourth-order valence-electron chi connectivity index (χ4n) is 6.78. The first-order valence-corrected chi connectivity index (χ1v) is 18.6. The van der Waals surface area contributed by atoms with Crippen LogP contribution in [0.5, 0.6) is 11.5 Å². The summed E-state index contributed by atoms with van der Waals surface area (Å²) in [6, 6.07) is 10.2. The van der Waals surface area contributed by atoms with Gasteiger partial charge < -0.3 is 14.4 Å². The summed E-state index contributed by atoms with van der Waals surface area (Å²) in [4.78, 5) is 31.7. The quantitative estimate of drug-likeness (QED) is 0.148. The van der Waals surface area contributed by atoms with Crippen LogP contribution in [0.15, 0.2) is 66.3 Å². The van der Waals surface area contributed by atoms with Crippen molar-refractivity contribution in [1.29, 1.82) is 0 Å². The van der Waals surface area contributed by atoms with E-state index in [0.29, 0.717) is 42.8 Å². The van der Waals surface area contributed by atoms with Crippen LogP contribution in [0.4, 0.5) is 10.1 Å². The Balaban J connectivity index is 0.00000116. The maximum Gasteiger partial charge on any atom is 0.261 e. The fourth-order valence-corrected chi connectivity index (χ4v) is 6.78. The van der Waals surface area contributed by atoms with Gasteiger partial charge in [0.25, 0.3) is 11.8 Å². The van der Waals surface area contributed by atoms with Crippen LogP contribution < -0.4 is 14.4 Å². The highest BCUT2D eigenvalue weighted by atomic mass is 19.1. The van der Waals surface area contributed by atoms with E-state index in [0.717, 1.165) is 55.9 Å². The minimum absolute atomic E-state index is 0.263. The highest BCUT2D eigenvalue weighted by Crippen LogP contribution is 2.40. The van der Waals surface area contributed by atoms with Crippen molar-refractivity contribution in [3.05, 3.63) is 88.8 Å². The average Bonchev–Trinajstić information content (AvgIpc) is 3.37. The molecule has 2 amide bonds. The van der Waals surface area contributed by atoms with Crippen molar-refractivity contribution in [3.8, 4) is 11.5 Å². The minimum atomic E-state index is -0.337. The van der Waals surface area contributed by atoms with E-state index in [2.05, 4.69) is 56.2 Å². The summed E-state index contributed by atoms with van der Waals surface area (Å²) < 4.78 is 25.4. The van der Waals surface area contributed by atoms with E-state index in [4.69, 9.17) is 9.47 Å².